The molecular formula is C11H19N3O. The Bertz CT molecular complexity index is 336. The lowest BCUT2D eigenvalue weighted by Gasteiger charge is -2.21. The van der Waals surface area contributed by atoms with E-state index in [0.29, 0.717) is 0 Å². The molecule has 2 rings (SSSR count). The number of nitrogens with zero attached hydrogens (tertiary/aromatic N) is 2. The Balaban J connectivity index is 1.92. The van der Waals surface area contributed by atoms with Crippen LogP contribution in [-0.2, 0) is 6.54 Å². The highest BCUT2D eigenvalue weighted by Gasteiger charge is 2.32. The fraction of sp³-hybridized carbons (Fsp3) is 0.727. The molecule has 1 atom stereocenters. The van der Waals surface area contributed by atoms with Gasteiger partial charge in [0.05, 0.1) is 12.2 Å². The van der Waals surface area contributed by atoms with Crippen molar-refractivity contribution in [3.63, 3.8) is 0 Å². The molecule has 1 unspecified atom stereocenters. The largest absolute Gasteiger partial charge is 0.360 e. The molecule has 0 spiro atoms. The van der Waals surface area contributed by atoms with Crippen LogP contribution >= 0.6 is 0 Å². The summed E-state index contributed by atoms with van der Waals surface area (Å²) in [4.78, 5) is 2.38. The first-order chi connectivity index (χ1) is 7.11. The summed E-state index contributed by atoms with van der Waals surface area (Å²) < 4.78 is 5.21. The summed E-state index contributed by atoms with van der Waals surface area (Å²) in [6.07, 6.45) is 1.18. The fourth-order valence-corrected chi connectivity index (χ4v) is 2.14. The van der Waals surface area contributed by atoms with Crippen LogP contribution < -0.4 is 5.73 Å². The van der Waals surface area contributed by atoms with Gasteiger partial charge in [-0.3, -0.25) is 4.90 Å². The zero-order chi connectivity index (χ0) is 10.9. The second-order valence-corrected chi connectivity index (χ2v) is 4.91. The topological polar surface area (TPSA) is 55.3 Å². The van der Waals surface area contributed by atoms with E-state index >= 15 is 0 Å². The smallest absolute Gasteiger partial charge is 0.150 e. The average molecular weight is 209 g/mol. The Morgan fingerprint density at radius 2 is 2.47 bits per heavy atom. The summed E-state index contributed by atoms with van der Waals surface area (Å²) in [5.41, 5.74) is 7.00. The second kappa shape index (κ2) is 3.94. The number of rotatable bonds is 3. The first kappa shape index (κ1) is 10.6. The van der Waals surface area contributed by atoms with E-state index in [1.54, 1.807) is 0 Å². The number of likely N-dealkylation sites (tertiary alicyclic amines) is 1. The molecule has 1 aliphatic rings. The predicted molar refractivity (Wildman–Crippen MR) is 58.3 cm³/mol. The molecule has 84 valence electrons. The molecule has 2 heterocycles. The van der Waals surface area contributed by atoms with E-state index in [1.165, 1.54) is 6.42 Å². The van der Waals surface area contributed by atoms with Gasteiger partial charge in [-0.2, -0.15) is 0 Å². The van der Waals surface area contributed by atoms with Gasteiger partial charge >= 0.3 is 0 Å². The van der Waals surface area contributed by atoms with Crippen LogP contribution in [0.15, 0.2) is 10.6 Å². The lowest BCUT2D eigenvalue weighted by molar-refractivity contribution is 0.243. The lowest BCUT2D eigenvalue weighted by Crippen LogP contribution is -2.31. The van der Waals surface area contributed by atoms with Gasteiger partial charge in [0.2, 0.25) is 0 Å². The van der Waals surface area contributed by atoms with Crippen molar-refractivity contribution >= 4 is 0 Å². The number of hydrogen-bond donors (Lipinski definition) is 1. The van der Waals surface area contributed by atoms with Gasteiger partial charge in [-0.05, 0) is 31.8 Å². The molecule has 2 N–H and O–H groups in total. The quantitative estimate of drug-likeness (QED) is 0.811. The summed E-state index contributed by atoms with van der Waals surface area (Å²) in [5, 5.41) is 3.89. The highest BCUT2D eigenvalue weighted by atomic mass is 16.5. The molecule has 0 amide bonds. The summed E-state index contributed by atoms with van der Waals surface area (Å²) in [7, 11) is 0. The van der Waals surface area contributed by atoms with Crippen LogP contribution in [0.5, 0.6) is 0 Å². The highest BCUT2D eigenvalue weighted by Crippen LogP contribution is 2.29. The molecule has 0 aliphatic carbocycles. The van der Waals surface area contributed by atoms with Gasteiger partial charge in [-0.25, -0.2) is 0 Å². The van der Waals surface area contributed by atoms with Gasteiger partial charge in [0.25, 0.3) is 0 Å². The van der Waals surface area contributed by atoms with Gasteiger partial charge in [-0.1, -0.05) is 12.1 Å². The number of aryl methyl sites for hydroxylation is 1. The monoisotopic (exact) mass is 209 g/mol. The maximum atomic E-state index is 5.77. The van der Waals surface area contributed by atoms with Crippen LogP contribution in [0.2, 0.25) is 0 Å². The van der Waals surface area contributed by atoms with Crippen LogP contribution in [0.25, 0.3) is 0 Å². The lowest BCUT2D eigenvalue weighted by atomic mass is 9.90. The maximum absolute atomic E-state index is 5.77. The van der Waals surface area contributed by atoms with Crippen LogP contribution in [-0.4, -0.2) is 29.7 Å². The summed E-state index contributed by atoms with van der Waals surface area (Å²) in [6.45, 7) is 7.98. The Kier molecular flexibility index (Phi) is 2.80. The third kappa shape index (κ3) is 2.38. The van der Waals surface area contributed by atoms with Gasteiger partial charge in [0.15, 0.2) is 5.76 Å². The molecular weight excluding hydrogens is 190 g/mol. The SMILES string of the molecule is Cc1cc(CN2CCC(C)(CN)C2)on1. The molecule has 0 bridgehead atoms. The minimum atomic E-state index is 0.287. The number of hydrogen-bond acceptors (Lipinski definition) is 4. The van der Waals surface area contributed by atoms with E-state index in [4.69, 9.17) is 10.3 Å². The normalized spacial score (nSPS) is 27.4. The number of nitrogens with two attached hydrogens (primary N) is 1. The zero-order valence-electron chi connectivity index (χ0n) is 9.49. The van der Waals surface area contributed by atoms with Gasteiger partial charge in [0, 0.05) is 12.6 Å². The molecule has 1 aromatic heterocycles. The van der Waals surface area contributed by atoms with Gasteiger partial charge < -0.3 is 10.3 Å². The minimum absolute atomic E-state index is 0.287. The average Bonchev–Trinajstić information content (AvgIpc) is 2.76. The van der Waals surface area contributed by atoms with Crippen molar-refractivity contribution < 1.29 is 4.52 Å². The number of aromatic nitrogens is 1. The van der Waals surface area contributed by atoms with Crippen LogP contribution in [0.1, 0.15) is 24.8 Å². The van der Waals surface area contributed by atoms with Crippen LogP contribution in [0.3, 0.4) is 0 Å². The highest BCUT2D eigenvalue weighted by molar-refractivity contribution is 5.03. The summed E-state index contributed by atoms with van der Waals surface area (Å²) >= 11 is 0. The van der Waals surface area contributed by atoms with Crippen molar-refractivity contribution in [2.24, 2.45) is 11.1 Å². The van der Waals surface area contributed by atoms with Crippen molar-refractivity contribution in [3.05, 3.63) is 17.5 Å². The third-order valence-corrected chi connectivity index (χ3v) is 3.19. The molecule has 1 saturated heterocycles. The molecule has 4 nitrogen and oxygen atoms in total. The van der Waals surface area contributed by atoms with E-state index in [1.807, 2.05) is 13.0 Å². The van der Waals surface area contributed by atoms with Crippen molar-refractivity contribution in [2.45, 2.75) is 26.8 Å². The molecule has 1 aromatic rings. The van der Waals surface area contributed by atoms with E-state index in [9.17, 15) is 0 Å². The maximum Gasteiger partial charge on any atom is 0.150 e. The Labute approximate surface area is 90.4 Å². The predicted octanol–water partition coefficient (Wildman–Crippen LogP) is 1.15. The van der Waals surface area contributed by atoms with Crippen molar-refractivity contribution in [3.8, 4) is 0 Å². The molecule has 1 aliphatic heterocycles. The molecule has 0 aromatic carbocycles. The van der Waals surface area contributed by atoms with E-state index in [0.717, 1.165) is 37.6 Å². The van der Waals surface area contributed by atoms with E-state index in [-0.39, 0.29) is 5.41 Å². The molecule has 4 heteroatoms. The van der Waals surface area contributed by atoms with Gasteiger partial charge in [0.1, 0.15) is 0 Å². The minimum Gasteiger partial charge on any atom is -0.360 e. The Morgan fingerprint density at radius 3 is 3.00 bits per heavy atom. The standard InChI is InChI=1S/C11H19N3O/c1-9-5-10(15-13-9)6-14-4-3-11(2,7-12)8-14/h5H,3-4,6-8,12H2,1-2H3. The second-order valence-electron chi connectivity index (χ2n) is 4.91. The first-order valence-electron chi connectivity index (χ1n) is 5.46. The third-order valence-electron chi connectivity index (χ3n) is 3.19. The first-order valence-corrected chi connectivity index (χ1v) is 5.46. The molecule has 0 radical (unpaired) electrons. The Hall–Kier alpha value is -0.870. The van der Waals surface area contributed by atoms with E-state index in [2.05, 4.69) is 17.0 Å². The molecule has 15 heavy (non-hydrogen) atoms. The van der Waals surface area contributed by atoms with Crippen LogP contribution in [0.4, 0.5) is 0 Å². The van der Waals surface area contributed by atoms with E-state index < -0.39 is 0 Å². The molecule has 0 saturated carbocycles. The Morgan fingerprint density at radius 1 is 1.67 bits per heavy atom. The van der Waals surface area contributed by atoms with Gasteiger partial charge in [-0.15, -0.1) is 0 Å². The molecule has 1 fully saturated rings. The van der Waals surface area contributed by atoms with Crippen molar-refractivity contribution in [2.75, 3.05) is 19.6 Å². The van der Waals surface area contributed by atoms with Crippen LogP contribution in [0, 0.1) is 12.3 Å². The van der Waals surface area contributed by atoms with Crippen molar-refractivity contribution in [1.29, 1.82) is 0 Å². The summed E-state index contributed by atoms with van der Waals surface area (Å²) in [5.74, 6) is 0.953. The zero-order valence-corrected chi connectivity index (χ0v) is 9.49. The fourth-order valence-electron chi connectivity index (χ4n) is 2.14. The van der Waals surface area contributed by atoms with Crippen molar-refractivity contribution in [1.82, 2.24) is 10.1 Å². The summed E-state index contributed by atoms with van der Waals surface area (Å²) in [6, 6.07) is 2.00.